The molecular weight excluding hydrogens is 176 g/mol. The first kappa shape index (κ1) is 11.5. The Kier molecular flexibility index (Phi) is 4.39. The van der Waals surface area contributed by atoms with Crippen molar-refractivity contribution in [3.8, 4) is 0 Å². The predicted octanol–water partition coefficient (Wildman–Crippen LogP) is 1.37. The van der Waals surface area contributed by atoms with E-state index in [0.717, 1.165) is 25.9 Å². The molecule has 1 aliphatic rings. The summed E-state index contributed by atoms with van der Waals surface area (Å²) in [6.45, 7) is 6.00. The first-order chi connectivity index (χ1) is 6.69. The number of carbonyl (C=O) groups is 1. The van der Waals surface area contributed by atoms with Crippen LogP contribution in [0.5, 0.6) is 0 Å². The van der Waals surface area contributed by atoms with Crippen molar-refractivity contribution in [2.75, 3.05) is 13.1 Å². The fourth-order valence-corrected chi connectivity index (χ4v) is 2.09. The van der Waals surface area contributed by atoms with Crippen molar-refractivity contribution in [2.24, 2.45) is 11.7 Å². The molecule has 2 N–H and O–H groups in total. The van der Waals surface area contributed by atoms with Crippen LogP contribution >= 0.6 is 0 Å². The molecule has 2 unspecified atom stereocenters. The average Bonchev–Trinajstić information content (AvgIpc) is 2.64. The van der Waals surface area contributed by atoms with Crippen molar-refractivity contribution in [1.29, 1.82) is 0 Å². The van der Waals surface area contributed by atoms with Gasteiger partial charge in [-0.25, -0.2) is 0 Å². The van der Waals surface area contributed by atoms with E-state index in [-0.39, 0.29) is 11.9 Å². The third-order valence-corrected chi connectivity index (χ3v) is 3.05. The lowest BCUT2D eigenvalue weighted by molar-refractivity contribution is -0.131. The van der Waals surface area contributed by atoms with Gasteiger partial charge in [-0.2, -0.15) is 0 Å². The maximum atomic E-state index is 11.7. The Hall–Kier alpha value is -0.570. The Morgan fingerprint density at radius 1 is 1.57 bits per heavy atom. The minimum Gasteiger partial charge on any atom is -0.341 e. The highest BCUT2D eigenvalue weighted by atomic mass is 16.2. The standard InChI is InChI=1S/C11H22N2O/c1-3-5-9-6-7-13(8-9)11(14)10(12)4-2/h9-10H,3-8,12H2,1-2H3. The number of rotatable bonds is 4. The van der Waals surface area contributed by atoms with Crippen LogP contribution in [0.3, 0.4) is 0 Å². The second-order valence-corrected chi connectivity index (χ2v) is 4.24. The van der Waals surface area contributed by atoms with Gasteiger partial charge in [-0.3, -0.25) is 4.79 Å². The smallest absolute Gasteiger partial charge is 0.239 e. The minimum atomic E-state index is -0.282. The highest BCUT2D eigenvalue weighted by molar-refractivity contribution is 5.81. The lowest BCUT2D eigenvalue weighted by Gasteiger charge is -2.19. The summed E-state index contributed by atoms with van der Waals surface area (Å²) < 4.78 is 0. The third-order valence-electron chi connectivity index (χ3n) is 3.05. The summed E-state index contributed by atoms with van der Waals surface area (Å²) in [6.07, 6.45) is 4.36. The molecule has 3 nitrogen and oxygen atoms in total. The van der Waals surface area contributed by atoms with Crippen LogP contribution in [-0.2, 0) is 4.79 Å². The predicted molar refractivity (Wildman–Crippen MR) is 57.9 cm³/mol. The van der Waals surface area contributed by atoms with Crippen molar-refractivity contribution in [3.05, 3.63) is 0 Å². The molecular formula is C11H22N2O. The number of likely N-dealkylation sites (tertiary alicyclic amines) is 1. The Labute approximate surface area is 86.6 Å². The van der Waals surface area contributed by atoms with Crippen LogP contribution in [-0.4, -0.2) is 29.9 Å². The monoisotopic (exact) mass is 198 g/mol. The van der Waals surface area contributed by atoms with E-state index in [1.165, 1.54) is 12.8 Å². The molecule has 1 heterocycles. The van der Waals surface area contributed by atoms with Gasteiger partial charge in [0.2, 0.25) is 5.91 Å². The largest absolute Gasteiger partial charge is 0.341 e. The topological polar surface area (TPSA) is 46.3 Å². The number of amides is 1. The Morgan fingerprint density at radius 3 is 2.86 bits per heavy atom. The van der Waals surface area contributed by atoms with Gasteiger partial charge in [0.05, 0.1) is 6.04 Å². The third kappa shape index (κ3) is 2.71. The molecule has 1 amide bonds. The normalized spacial score (nSPS) is 23.9. The van der Waals surface area contributed by atoms with E-state index in [4.69, 9.17) is 5.73 Å². The zero-order valence-corrected chi connectivity index (χ0v) is 9.33. The van der Waals surface area contributed by atoms with Gasteiger partial charge in [0.15, 0.2) is 0 Å². The van der Waals surface area contributed by atoms with Crippen LogP contribution < -0.4 is 5.73 Å². The molecule has 0 aliphatic carbocycles. The molecule has 0 spiro atoms. The SMILES string of the molecule is CCCC1CCN(C(=O)C(N)CC)C1. The second-order valence-electron chi connectivity index (χ2n) is 4.24. The molecule has 0 aromatic rings. The molecule has 0 aromatic heterocycles. The molecule has 0 aromatic carbocycles. The van der Waals surface area contributed by atoms with E-state index < -0.39 is 0 Å². The number of hydrogen-bond acceptors (Lipinski definition) is 2. The molecule has 14 heavy (non-hydrogen) atoms. The molecule has 1 rings (SSSR count). The maximum Gasteiger partial charge on any atom is 0.239 e. The van der Waals surface area contributed by atoms with E-state index >= 15 is 0 Å². The molecule has 3 heteroatoms. The fourth-order valence-electron chi connectivity index (χ4n) is 2.09. The Morgan fingerprint density at radius 2 is 2.29 bits per heavy atom. The first-order valence-corrected chi connectivity index (χ1v) is 5.73. The van der Waals surface area contributed by atoms with Crippen molar-refractivity contribution >= 4 is 5.91 Å². The van der Waals surface area contributed by atoms with E-state index in [9.17, 15) is 4.79 Å². The molecule has 1 aliphatic heterocycles. The van der Waals surface area contributed by atoms with Crippen LogP contribution in [0.4, 0.5) is 0 Å². The molecule has 0 saturated carbocycles. The van der Waals surface area contributed by atoms with Gasteiger partial charge in [-0.1, -0.05) is 20.3 Å². The first-order valence-electron chi connectivity index (χ1n) is 5.73. The van der Waals surface area contributed by atoms with Crippen LogP contribution in [0, 0.1) is 5.92 Å². The zero-order valence-electron chi connectivity index (χ0n) is 9.33. The Balaban J connectivity index is 2.37. The second kappa shape index (κ2) is 5.35. The van der Waals surface area contributed by atoms with Gasteiger partial charge in [0, 0.05) is 13.1 Å². The van der Waals surface area contributed by atoms with Crippen molar-refractivity contribution in [3.63, 3.8) is 0 Å². The zero-order chi connectivity index (χ0) is 10.6. The lowest BCUT2D eigenvalue weighted by Crippen LogP contribution is -2.42. The maximum absolute atomic E-state index is 11.7. The number of carbonyl (C=O) groups excluding carboxylic acids is 1. The van der Waals surface area contributed by atoms with Crippen LogP contribution in [0.25, 0.3) is 0 Å². The van der Waals surface area contributed by atoms with Crippen LogP contribution in [0.2, 0.25) is 0 Å². The summed E-state index contributed by atoms with van der Waals surface area (Å²) >= 11 is 0. The fraction of sp³-hybridized carbons (Fsp3) is 0.909. The van der Waals surface area contributed by atoms with Crippen LogP contribution in [0.15, 0.2) is 0 Å². The van der Waals surface area contributed by atoms with E-state index in [1.807, 2.05) is 11.8 Å². The molecule has 2 atom stereocenters. The van der Waals surface area contributed by atoms with Gasteiger partial charge in [0.1, 0.15) is 0 Å². The quantitative estimate of drug-likeness (QED) is 0.741. The lowest BCUT2D eigenvalue weighted by atomic mass is 10.0. The van der Waals surface area contributed by atoms with Crippen molar-refractivity contribution in [1.82, 2.24) is 4.90 Å². The number of hydrogen-bond donors (Lipinski definition) is 1. The van der Waals surface area contributed by atoms with E-state index in [0.29, 0.717) is 5.92 Å². The molecule has 0 radical (unpaired) electrons. The van der Waals surface area contributed by atoms with Crippen LogP contribution in [0.1, 0.15) is 39.5 Å². The summed E-state index contributed by atoms with van der Waals surface area (Å²) in [4.78, 5) is 13.7. The minimum absolute atomic E-state index is 0.145. The highest BCUT2D eigenvalue weighted by Crippen LogP contribution is 2.21. The van der Waals surface area contributed by atoms with Gasteiger partial charge in [-0.15, -0.1) is 0 Å². The van der Waals surface area contributed by atoms with Crippen molar-refractivity contribution in [2.45, 2.75) is 45.6 Å². The summed E-state index contributed by atoms with van der Waals surface area (Å²) in [5.41, 5.74) is 5.72. The number of nitrogens with two attached hydrogens (primary N) is 1. The summed E-state index contributed by atoms with van der Waals surface area (Å²) in [5.74, 6) is 0.860. The Bertz CT molecular complexity index is 194. The summed E-state index contributed by atoms with van der Waals surface area (Å²) in [5, 5.41) is 0. The molecule has 0 bridgehead atoms. The van der Waals surface area contributed by atoms with Gasteiger partial charge in [0.25, 0.3) is 0 Å². The highest BCUT2D eigenvalue weighted by Gasteiger charge is 2.27. The average molecular weight is 198 g/mol. The molecule has 1 fully saturated rings. The molecule has 1 saturated heterocycles. The molecule has 82 valence electrons. The summed E-state index contributed by atoms with van der Waals surface area (Å²) in [6, 6.07) is -0.282. The van der Waals surface area contributed by atoms with E-state index in [2.05, 4.69) is 6.92 Å². The number of nitrogens with zero attached hydrogens (tertiary/aromatic N) is 1. The van der Waals surface area contributed by atoms with Gasteiger partial charge < -0.3 is 10.6 Å². The van der Waals surface area contributed by atoms with Crippen molar-refractivity contribution < 1.29 is 4.79 Å². The van der Waals surface area contributed by atoms with Gasteiger partial charge >= 0.3 is 0 Å². The van der Waals surface area contributed by atoms with E-state index in [1.54, 1.807) is 0 Å². The summed E-state index contributed by atoms with van der Waals surface area (Å²) in [7, 11) is 0. The van der Waals surface area contributed by atoms with Gasteiger partial charge in [-0.05, 0) is 25.2 Å².